The van der Waals surface area contributed by atoms with Crippen LogP contribution in [-0.4, -0.2) is 33.3 Å². The lowest BCUT2D eigenvalue weighted by molar-refractivity contribution is -0.142. The number of rotatable bonds is 8. The molecule has 1 aromatic rings. The Morgan fingerprint density at radius 2 is 1.95 bits per heavy atom. The predicted molar refractivity (Wildman–Crippen MR) is 81.6 cm³/mol. The summed E-state index contributed by atoms with van der Waals surface area (Å²) >= 11 is 0. The molecule has 0 spiro atoms. The third-order valence-corrected chi connectivity index (χ3v) is 3.55. The van der Waals surface area contributed by atoms with Crippen LogP contribution in [0.2, 0.25) is 0 Å². The van der Waals surface area contributed by atoms with E-state index in [0.717, 1.165) is 29.9 Å². The van der Waals surface area contributed by atoms with Crippen molar-refractivity contribution in [3.05, 3.63) is 23.8 Å². The minimum absolute atomic E-state index is 0.315. The molecular weight excluding hydrogens is 270 g/mol. The van der Waals surface area contributed by atoms with Gasteiger partial charge in [0.1, 0.15) is 17.5 Å². The van der Waals surface area contributed by atoms with Gasteiger partial charge >= 0.3 is 5.97 Å². The van der Waals surface area contributed by atoms with Gasteiger partial charge in [-0.3, -0.25) is 4.79 Å². The molecular formula is C16H25NO4. The van der Waals surface area contributed by atoms with Crippen molar-refractivity contribution in [1.82, 2.24) is 0 Å². The minimum atomic E-state index is -0.558. The first-order valence-electron chi connectivity index (χ1n) is 7.06. The monoisotopic (exact) mass is 295 g/mol. The standard InChI is InChI=1S/C16H25NO4/c1-11(9-14(17)16(18)21-4)5-6-12-10-13(19-2)7-8-15(12)20-3/h7-8,10-11,14H,5-6,9,17H2,1-4H3. The molecule has 0 fully saturated rings. The SMILES string of the molecule is COC(=O)C(N)CC(C)CCc1cc(OC)ccc1OC. The minimum Gasteiger partial charge on any atom is -0.497 e. The second-order valence-corrected chi connectivity index (χ2v) is 5.19. The normalized spacial score (nSPS) is 13.4. The Bertz CT molecular complexity index is 462. The van der Waals surface area contributed by atoms with E-state index in [0.29, 0.717) is 12.3 Å². The largest absolute Gasteiger partial charge is 0.497 e. The molecule has 1 aromatic carbocycles. The first-order chi connectivity index (χ1) is 10.0. The van der Waals surface area contributed by atoms with Crippen LogP contribution in [0, 0.1) is 5.92 Å². The van der Waals surface area contributed by atoms with Gasteiger partial charge in [-0.2, -0.15) is 0 Å². The average molecular weight is 295 g/mol. The van der Waals surface area contributed by atoms with Crippen molar-refractivity contribution in [2.45, 2.75) is 32.2 Å². The maximum Gasteiger partial charge on any atom is 0.322 e. The third kappa shape index (κ3) is 5.27. The van der Waals surface area contributed by atoms with E-state index in [-0.39, 0.29) is 5.97 Å². The van der Waals surface area contributed by atoms with Crippen LogP contribution >= 0.6 is 0 Å². The lowest BCUT2D eigenvalue weighted by Crippen LogP contribution is -2.33. The van der Waals surface area contributed by atoms with Crippen molar-refractivity contribution >= 4 is 5.97 Å². The van der Waals surface area contributed by atoms with Gasteiger partial charge in [-0.05, 0) is 48.9 Å². The maximum atomic E-state index is 11.3. The van der Waals surface area contributed by atoms with Crippen LogP contribution in [0.4, 0.5) is 0 Å². The van der Waals surface area contributed by atoms with E-state index >= 15 is 0 Å². The summed E-state index contributed by atoms with van der Waals surface area (Å²) in [5.74, 6) is 1.61. The lowest BCUT2D eigenvalue weighted by atomic mass is 9.94. The van der Waals surface area contributed by atoms with Crippen molar-refractivity contribution in [1.29, 1.82) is 0 Å². The van der Waals surface area contributed by atoms with Gasteiger partial charge in [0.25, 0.3) is 0 Å². The highest BCUT2D eigenvalue weighted by atomic mass is 16.5. The fourth-order valence-corrected chi connectivity index (χ4v) is 2.28. The Labute approximate surface area is 126 Å². The number of benzene rings is 1. The highest BCUT2D eigenvalue weighted by Gasteiger charge is 2.17. The third-order valence-electron chi connectivity index (χ3n) is 3.55. The van der Waals surface area contributed by atoms with Gasteiger partial charge in [0.15, 0.2) is 0 Å². The number of nitrogens with two attached hydrogens (primary N) is 1. The number of aryl methyl sites for hydroxylation is 1. The van der Waals surface area contributed by atoms with Crippen molar-refractivity contribution in [2.75, 3.05) is 21.3 Å². The van der Waals surface area contributed by atoms with Gasteiger partial charge < -0.3 is 19.9 Å². The number of methoxy groups -OCH3 is 3. The second-order valence-electron chi connectivity index (χ2n) is 5.19. The summed E-state index contributed by atoms with van der Waals surface area (Å²) in [5.41, 5.74) is 6.87. The number of esters is 1. The van der Waals surface area contributed by atoms with Crippen molar-refractivity contribution in [2.24, 2.45) is 11.7 Å². The molecule has 0 heterocycles. The molecule has 0 aliphatic rings. The Kier molecular flexibility index (Phi) is 7.02. The summed E-state index contributed by atoms with van der Waals surface area (Å²) in [6, 6.07) is 5.20. The van der Waals surface area contributed by atoms with Gasteiger partial charge in [0.2, 0.25) is 0 Å². The summed E-state index contributed by atoms with van der Waals surface area (Å²) in [6.07, 6.45) is 2.36. The van der Waals surface area contributed by atoms with Gasteiger partial charge in [-0.15, -0.1) is 0 Å². The highest BCUT2D eigenvalue weighted by Crippen LogP contribution is 2.26. The molecule has 0 aliphatic carbocycles. The summed E-state index contributed by atoms with van der Waals surface area (Å²) in [7, 11) is 4.65. The van der Waals surface area contributed by atoms with Crippen LogP contribution in [0.15, 0.2) is 18.2 Å². The number of carbonyl (C=O) groups is 1. The van der Waals surface area contributed by atoms with Crippen LogP contribution in [0.3, 0.4) is 0 Å². The first-order valence-corrected chi connectivity index (χ1v) is 7.06. The summed E-state index contributed by atoms with van der Waals surface area (Å²) in [6.45, 7) is 2.08. The summed E-state index contributed by atoms with van der Waals surface area (Å²) < 4.78 is 15.2. The topological polar surface area (TPSA) is 70.8 Å². The van der Waals surface area contributed by atoms with Gasteiger partial charge in [-0.25, -0.2) is 0 Å². The molecule has 0 saturated carbocycles. The Balaban J connectivity index is 2.59. The fraction of sp³-hybridized carbons (Fsp3) is 0.562. The Morgan fingerprint density at radius 1 is 1.24 bits per heavy atom. The summed E-state index contributed by atoms with van der Waals surface area (Å²) in [5, 5.41) is 0. The Morgan fingerprint density at radius 3 is 2.52 bits per heavy atom. The summed E-state index contributed by atoms with van der Waals surface area (Å²) in [4.78, 5) is 11.3. The number of hydrogen-bond donors (Lipinski definition) is 1. The van der Waals surface area contributed by atoms with E-state index in [4.69, 9.17) is 15.2 Å². The van der Waals surface area contributed by atoms with E-state index in [1.807, 2.05) is 18.2 Å². The van der Waals surface area contributed by atoms with Gasteiger partial charge in [0.05, 0.1) is 21.3 Å². The molecule has 5 heteroatoms. The van der Waals surface area contributed by atoms with Crippen LogP contribution in [0.1, 0.15) is 25.3 Å². The Hall–Kier alpha value is -1.75. The first kappa shape index (κ1) is 17.3. The average Bonchev–Trinajstić information content (AvgIpc) is 2.51. The molecule has 2 unspecified atom stereocenters. The van der Waals surface area contributed by atoms with E-state index in [1.165, 1.54) is 7.11 Å². The molecule has 0 aliphatic heterocycles. The van der Waals surface area contributed by atoms with Crippen LogP contribution in [-0.2, 0) is 16.0 Å². The quantitative estimate of drug-likeness (QED) is 0.744. The van der Waals surface area contributed by atoms with Crippen molar-refractivity contribution in [3.8, 4) is 11.5 Å². The van der Waals surface area contributed by atoms with Crippen LogP contribution in [0.25, 0.3) is 0 Å². The van der Waals surface area contributed by atoms with E-state index < -0.39 is 6.04 Å². The lowest BCUT2D eigenvalue weighted by Gasteiger charge is -2.16. The van der Waals surface area contributed by atoms with Crippen molar-refractivity contribution in [3.63, 3.8) is 0 Å². The molecule has 2 atom stereocenters. The van der Waals surface area contributed by atoms with E-state index in [2.05, 4.69) is 11.7 Å². The van der Waals surface area contributed by atoms with E-state index in [9.17, 15) is 4.79 Å². The van der Waals surface area contributed by atoms with Crippen LogP contribution in [0.5, 0.6) is 11.5 Å². The number of carbonyl (C=O) groups excluding carboxylic acids is 1. The molecule has 118 valence electrons. The molecule has 0 bridgehead atoms. The molecule has 0 aromatic heterocycles. The zero-order valence-corrected chi connectivity index (χ0v) is 13.2. The number of hydrogen-bond acceptors (Lipinski definition) is 5. The van der Waals surface area contributed by atoms with Crippen molar-refractivity contribution < 1.29 is 19.0 Å². The van der Waals surface area contributed by atoms with Gasteiger partial charge in [0, 0.05) is 0 Å². The molecule has 21 heavy (non-hydrogen) atoms. The van der Waals surface area contributed by atoms with Gasteiger partial charge in [-0.1, -0.05) is 6.92 Å². The second kappa shape index (κ2) is 8.52. The number of ether oxygens (including phenoxy) is 3. The maximum absolute atomic E-state index is 11.3. The predicted octanol–water partition coefficient (Wildman–Crippen LogP) is 2.16. The highest BCUT2D eigenvalue weighted by molar-refractivity contribution is 5.75. The zero-order valence-electron chi connectivity index (χ0n) is 13.2. The molecule has 5 nitrogen and oxygen atoms in total. The fourth-order valence-electron chi connectivity index (χ4n) is 2.28. The molecule has 0 saturated heterocycles. The molecule has 2 N–H and O–H groups in total. The molecule has 0 radical (unpaired) electrons. The smallest absolute Gasteiger partial charge is 0.322 e. The molecule has 0 amide bonds. The zero-order chi connectivity index (χ0) is 15.8. The van der Waals surface area contributed by atoms with E-state index in [1.54, 1.807) is 14.2 Å². The van der Waals surface area contributed by atoms with Crippen LogP contribution < -0.4 is 15.2 Å². The molecule has 1 rings (SSSR count).